The molecule has 1 N–H and O–H groups in total. The molecule has 2 unspecified atom stereocenters. The summed E-state index contributed by atoms with van der Waals surface area (Å²) in [5.41, 5.74) is 1.25. The van der Waals surface area contributed by atoms with Crippen molar-refractivity contribution in [3.8, 4) is 0 Å². The molecule has 1 aromatic rings. The average Bonchev–Trinajstić information content (AvgIpc) is 2.94. The summed E-state index contributed by atoms with van der Waals surface area (Å²) in [6.07, 6.45) is 6.85. The third-order valence-electron chi connectivity index (χ3n) is 4.17. The van der Waals surface area contributed by atoms with E-state index in [0.717, 1.165) is 25.0 Å². The van der Waals surface area contributed by atoms with E-state index in [-0.39, 0.29) is 0 Å². The van der Waals surface area contributed by atoms with Crippen LogP contribution in [0.15, 0.2) is 12.4 Å². The van der Waals surface area contributed by atoms with Crippen molar-refractivity contribution < 1.29 is 0 Å². The van der Waals surface area contributed by atoms with Crippen LogP contribution in [0.5, 0.6) is 0 Å². The van der Waals surface area contributed by atoms with Crippen molar-refractivity contribution in [2.75, 3.05) is 26.2 Å². The fraction of sp³-hybridized carbons (Fsp3) is 0.769. The quantitative estimate of drug-likeness (QED) is 0.842. The van der Waals surface area contributed by atoms with Gasteiger partial charge in [-0.2, -0.15) is 5.10 Å². The predicted molar refractivity (Wildman–Crippen MR) is 67.9 cm³/mol. The Morgan fingerprint density at radius 2 is 2.35 bits per heavy atom. The summed E-state index contributed by atoms with van der Waals surface area (Å²) in [6.45, 7) is 7.94. The van der Waals surface area contributed by atoms with Crippen LogP contribution in [0.3, 0.4) is 0 Å². The molecule has 2 saturated heterocycles. The SMILES string of the molecule is Cc1cnn(CCN2CCCC3CNCC32)c1. The van der Waals surface area contributed by atoms with Gasteiger partial charge >= 0.3 is 0 Å². The normalized spacial score (nSPS) is 29.5. The molecule has 0 aliphatic carbocycles. The summed E-state index contributed by atoms with van der Waals surface area (Å²) in [7, 11) is 0. The lowest BCUT2D eigenvalue weighted by molar-refractivity contribution is 0.119. The Labute approximate surface area is 103 Å². The van der Waals surface area contributed by atoms with Crippen molar-refractivity contribution >= 4 is 0 Å². The van der Waals surface area contributed by atoms with E-state index in [0.29, 0.717) is 0 Å². The standard InChI is InChI=1S/C13H22N4/c1-11-7-15-17(10-11)6-5-16-4-2-3-12-8-14-9-13(12)16/h7,10,12-14H,2-6,8-9H2,1H3. The molecule has 3 heterocycles. The highest BCUT2D eigenvalue weighted by molar-refractivity contribution is 4.99. The van der Waals surface area contributed by atoms with Gasteiger partial charge in [-0.25, -0.2) is 0 Å². The maximum atomic E-state index is 4.36. The van der Waals surface area contributed by atoms with Crippen LogP contribution < -0.4 is 5.32 Å². The highest BCUT2D eigenvalue weighted by Gasteiger charge is 2.34. The first-order chi connectivity index (χ1) is 8.33. The molecule has 2 aliphatic heterocycles. The summed E-state index contributed by atoms with van der Waals surface area (Å²) < 4.78 is 2.07. The van der Waals surface area contributed by atoms with Gasteiger partial charge in [0.1, 0.15) is 0 Å². The minimum atomic E-state index is 0.778. The minimum Gasteiger partial charge on any atom is -0.315 e. The van der Waals surface area contributed by atoms with Crippen molar-refractivity contribution in [1.82, 2.24) is 20.0 Å². The molecule has 4 heteroatoms. The Bertz CT molecular complexity index is 373. The number of likely N-dealkylation sites (tertiary alicyclic amines) is 1. The second-order valence-corrected chi connectivity index (χ2v) is 5.44. The highest BCUT2D eigenvalue weighted by Crippen LogP contribution is 2.25. The van der Waals surface area contributed by atoms with Gasteiger partial charge in [-0.3, -0.25) is 9.58 Å². The van der Waals surface area contributed by atoms with Gasteiger partial charge in [0.05, 0.1) is 12.7 Å². The summed E-state index contributed by atoms with van der Waals surface area (Å²) in [5.74, 6) is 0.892. The van der Waals surface area contributed by atoms with Crippen LogP contribution in [-0.2, 0) is 6.54 Å². The molecule has 0 saturated carbocycles. The summed E-state index contributed by atoms with van der Waals surface area (Å²) in [6, 6.07) is 0.778. The fourth-order valence-electron chi connectivity index (χ4n) is 3.26. The first-order valence-electron chi connectivity index (χ1n) is 6.77. The van der Waals surface area contributed by atoms with Gasteiger partial charge in [-0.1, -0.05) is 0 Å². The summed E-state index contributed by atoms with van der Waals surface area (Å²) >= 11 is 0. The molecule has 0 spiro atoms. The van der Waals surface area contributed by atoms with Gasteiger partial charge in [-0.15, -0.1) is 0 Å². The molecular formula is C13H22N4. The molecule has 17 heavy (non-hydrogen) atoms. The number of rotatable bonds is 3. The van der Waals surface area contributed by atoms with Crippen LogP contribution in [0.4, 0.5) is 0 Å². The zero-order valence-electron chi connectivity index (χ0n) is 10.6. The van der Waals surface area contributed by atoms with E-state index in [2.05, 4.69) is 33.1 Å². The molecule has 2 fully saturated rings. The van der Waals surface area contributed by atoms with Gasteiger partial charge in [0, 0.05) is 25.3 Å². The fourth-order valence-corrected chi connectivity index (χ4v) is 3.26. The zero-order valence-corrected chi connectivity index (χ0v) is 10.6. The number of nitrogens with zero attached hydrogens (tertiary/aromatic N) is 3. The van der Waals surface area contributed by atoms with Crippen LogP contribution in [0, 0.1) is 12.8 Å². The molecule has 0 bridgehead atoms. The van der Waals surface area contributed by atoms with E-state index >= 15 is 0 Å². The number of fused-ring (bicyclic) bond motifs is 1. The largest absolute Gasteiger partial charge is 0.315 e. The number of nitrogens with one attached hydrogen (secondary N) is 1. The Morgan fingerprint density at radius 1 is 1.41 bits per heavy atom. The second-order valence-electron chi connectivity index (χ2n) is 5.44. The molecule has 0 radical (unpaired) electrons. The first kappa shape index (κ1) is 11.2. The van der Waals surface area contributed by atoms with E-state index < -0.39 is 0 Å². The van der Waals surface area contributed by atoms with Crippen LogP contribution in [-0.4, -0.2) is 46.9 Å². The maximum Gasteiger partial charge on any atom is 0.0536 e. The first-order valence-corrected chi connectivity index (χ1v) is 6.77. The van der Waals surface area contributed by atoms with Gasteiger partial charge in [0.15, 0.2) is 0 Å². The number of hydrogen-bond acceptors (Lipinski definition) is 3. The number of piperidine rings is 1. The van der Waals surface area contributed by atoms with E-state index in [1.807, 2.05) is 6.20 Å². The molecule has 3 rings (SSSR count). The molecule has 0 amide bonds. The van der Waals surface area contributed by atoms with Crippen molar-refractivity contribution in [2.45, 2.75) is 32.4 Å². The Hall–Kier alpha value is -0.870. The number of aryl methyl sites for hydroxylation is 1. The van der Waals surface area contributed by atoms with E-state index in [4.69, 9.17) is 0 Å². The predicted octanol–water partition coefficient (Wildman–Crippen LogP) is 0.875. The average molecular weight is 234 g/mol. The zero-order chi connectivity index (χ0) is 11.7. The van der Waals surface area contributed by atoms with Crippen molar-refractivity contribution in [1.29, 1.82) is 0 Å². The van der Waals surface area contributed by atoms with Crippen molar-refractivity contribution in [2.24, 2.45) is 5.92 Å². The van der Waals surface area contributed by atoms with Gasteiger partial charge in [0.25, 0.3) is 0 Å². The van der Waals surface area contributed by atoms with E-state index in [1.165, 1.54) is 38.0 Å². The molecule has 94 valence electrons. The Balaban J connectivity index is 1.57. The smallest absolute Gasteiger partial charge is 0.0536 e. The van der Waals surface area contributed by atoms with Crippen LogP contribution in [0.1, 0.15) is 18.4 Å². The highest BCUT2D eigenvalue weighted by atomic mass is 15.3. The monoisotopic (exact) mass is 234 g/mol. The maximum absolute atomic E-state index is 4.36. The van der Waals surface area contributed by atoms with Crippen LogP contribution >= 0.6 is 0 Å². The van der Waals surface area contributed by atoms with Crippen LogP contribution in [0.25, 0.3) is 0 Å². The topological polar surface area (TPSA) is 33.1 Å². The molecule has 1 aromatic heterocycles. The van der Waals surface area contributed by atoms with Gasteiger partial charge in [0.2, 0.25) is 0 Å². The van der Waals surface area contributed by atoms with Gasteiger partial charge in [-0.05, 0) is 44.3 Å². The van der Waals surface area contributed by atoms with Gasteiger partial charge < -0.3 is 5.32 Å². The Kier molecular flexibility index (Phi) is 3.16. The Morgan fingerprint density at radius 3 is 3.18 bits per heavy atom. The molecular weight excluding hydrogens is 212 g/mol. The molecule has 4 nitrogen and oxygen atoms in total. The van der Waals surface area contributed by atoms with E-state index in [1.54, 1.807) is 0 Å². The lowest BCUT2D eigenvalue weighted by Crippen LogP contribution is -2.46. The molecule has 0 aromatic carbocycles. The van der Waals surface area contributed by atoms with E-state index in [9.17, 15) is 0 Å². The molecule has 2 atom stereocenters. The third kappa shape index (κ3) is 2.38. The van der Waals surface area contributed by atoms with Crippen molar-refractivity contribution in [3.05, 3.63) is 18.0 Å². The summed E-state index contributed by atoms with van der Waals surface area (Å²) in [5, 5.41) is 7.89. The minimum absolute atomic E-state index is 0.778. The third-order valence-corrected chi connectivity index (χ3v) is 4.17. The van der Waals surface area contributed by atoms with Crippen molar-refractivity contribution in [3.63, 3.8) is 0 Å². The summed E-state index contributed by atoms with van der Waals surface area (Å²) in [4.78, 5) is 2.66. The lowest BCUT2D eigenvalue weighted by Gasteiger charge is -2.36. The molecule has 2 aliphatic rings. The second kappa shape index (κ2) is 4.78. The van der Waals surface area contributed by atoms with Crippen LogP contribution in [0.2, 0.25) is 0 Å². The number of hydrogen-bond donors (Lipinski definition) is 1. The lowest BCUT2D eigenvalue weighted by atomic mass is 9.92. The number of aromatic nitrogens is 2.